The summed E-state index contributed by atoms with van der Waals surface area (Å²) in [7, 11) is 0. The molecule has 0 bridgehead atoms. The second kappa shape index (κ2) is 4.49. The molecule has 4 nitrogen and oxygen atoms in total. The Labute approximate surface area is 90.3 Å². The van der Waals surface area contributed by atoms with Crippen LogP contribution in [-0.4, -0.2) is 37.9 Å². The topological polar surface area (TPSA) is 47.6 Å². The molecule has 1 N–H and O–H groups in total. The molecule has 15 heavy (non-hydrogen) atoms. The standard InChI is InChI=1S/C11H19NO3/c1-2-15-10(13)11(5-6-14-8-11)12-7-9-3-4-9/h9,12H,2-8H2,1H3. The van der Waals surface area contributed by atoms with Crippen molar-refractivity contribution in [2.45, 2.75) is 31.7 Å². The van der Waals surface area contributed by atoms with Gasteiger partial charge in [-0.05, 0) is 32.2 Å². The second-order valence-electron chi connectivity index (χ2n) is 4.43. The van der Waals surface area contributed by atoms with Gasteiger partial charge in [-0.15, -0.1) is 0 Å². The highest BCUT2D eigenvalue weighted by Gasteiger charge is 2.44. The molecule has 0 amide bonds. The van der Waals surface area contributed by atoms with Crippen molar-refractivity contribution in [3.63, 3.8) is 0 Å². The summed E-state index contributed by atoms with van der Waals surface area (Å²) in [5.74, 6) is 0.611. The molecule has 2 aliphatic rings. The highest BCUT2D eigenvalue weighted by atomic mass is 16.5. The van der Waals surface area contributed by atoms with Gasteiger partial charge in [0.25, 0.3) is 0 Å². The molecule has 4 heteroatoms. The van der Waals surface area contributed by atoms with Gasteiger partial charge in [-0.1, -0.05) is 0 Å². The molecule has 1 saturated carbocycles. The van der Waals surface area contributed by atoms with Crippen LogP contribution in [0.1, 0.15) is 26.2 Å². The van der Waals surface area contributed by atoms with Crippen molar-refractivity contribution in [1.29, 1.82) is 0 Å². The van der Waals surface area contributed by atoms with Crippen molar-refractivity contribution in [3.8, 4) is 0 Å². The maximum absolute atomic E-state index is 11.8. The Kier molecular flexibility index (Phi) is 3.26. The first-order valence-electron chi connectivity index (χ1n) is 5.77. The Hall–Kier alpha value is -0.610. The summed E-state index contributed by atoms with van der Waals surface area (Å²) in [6.07, 6.45) is 3.30. The molecule has 0 spiro atoms. The summed E-state index contributed by atoms with van der Waals surface area (Å²) >= 11 is 0. The van der Waals surface area contributed by atoms with Crippen molar-refractivity contribution < 1.29 is 14.3 Å². The SMILES string of the molecule is CCOC(=O)C1(NCC2CC2)CCOC1. The Morgan fingerprint density at radius 1 is 1.60 bits per heavy atom. The zero-order valence-electron chi connectivity index (χ0n) is 9.25. The van der Waals surface area contributed by atoms with Crippen LogP contribution in [0.3, 0.4) is 0 Å². The van der Waals surface area contributed by atoms with Gasteiger partial charge >= 0.3 is 5.97 Å². The van der Waals surface area contributed by atoms with Gasteiger partial charge in [-0.25, -0.2) is 4.79 Å². The van der Waals surface area contributed by atoms with Crippen LogP contribution in [0.2, 0.25) is 0 Å². The number of carbonyl (C=O) groups excluding carboxylic acids is 1. The third-order valence-corrected chi connectivity index (χ3v) is 3.11. The molecule has 0 aromatic heterocycles. The van der Waals surface area contributed by atoms with Crippen molar-refractivity contribution in [2.75, 3.05) is 26.4 Å². The zero-order valence-corrected chi connectivity index (χ0v) is 9.25. The van der Waals surface area contributed by atoms with Crippen LogP contribution in [-0.2, 0) is 14.3 Å². The van der Waals surface area contributed by atoms with Gasteiger partial charge in [0.05, 0.1) is 13.2 Å². The van der Waals surface area contributed by atoms with Crippen molar-refractivity contribution in [2.24, 2.45) is 5.92 Å². The van der Waals surface area contributed by atoms with Crippen molar-refractivity contribution >= 4 is 5.97 Å². The number of hydrogen-bond acceptors (Lipinski definition) is 4. The maximum Gasteiger partial charge on any atom is 0.328 e. The molecule has 1 atom stereocenters. The van der Waals surface area contributed by atoms with Gasteiger partial charge in [-0.2, -0.15) is 0 Å². The fourth-order valence-corrected chi connectivity index (χ4v) is 1.87. The lowest BCUT2D eigenvalue weighted by Crippen LogP contribution is -2.54. The Morgan fingerprint density at radius 2 is 2.40 bits per heavy atom. The van der Waals surface area contributed by atoms with E-state index in [4.69, 9.17) is 9.47 Å². The molecule has 86 valence electrons. The average molecular weight is 213 g/mol. The van der Waals surface area contributed by atoms with Crippen LogP contribution >= 0.6 is 0 Å². The molecule has 2 fully saturated rings. The molecule has 1 aliphatic carbocycles. The molecule has 1 saturated heterocycles. The van der Waals surface area contributed by atoms with E-state index in [-0.39, 0.29) is 5.97 Å². The number of rotatable bonds is 5. The van der Waals surface area contributed by atoms with Crippen LogP contribution in [0, 0.1) is 5.92 Å². The van der Waals surface area contributed by atoms with E-state index in [9.17, 15) is 4.79 Å². The molecule has 1 unspecified atom stereocenters. The van der Waals surface area contributed by atoms with Crippen molar-refractivity contribution in [3.05, 3.63) is 0 Å². The quantitative estimate of drug-likeness (QED) is 0.683. The Bertz CT molecular complexity index is 232. The number of esters is 1. The normalized spacial score (nSPS) is 30.5. The predicted octanol–water partition coefficient (Wildman–Crippen LogP) is 0.708. The Balaban J connectivity index is 1.91. The smallest absolute Gasteiger partial charge is 0.328 e. The molecule has 0 aromatic carbocycles. The van der Waals surface area contributed by atoms with Gasteiger partial charge in [0, 0.05) is 13.0 Å². The first-order chi connectivity index (χ1) is 7.27. The predicted molar refractivity (Wildman–Crippen MR) is 55.5 cm³/mol. The molecule has 0 aromatic rings. The minimum atomic E-state index is -0.557. The summed E-state index contributed by atoms with van der Waals surface area (Å²) in [6, 6.07) is 0. The molecule has 1 aliphatic heterocycles. The van der Waals surface area contributed by atoms with E-state index in [0.29, 0.717) is 19.8 Å². The summed E-state index contributed by atoms with van der Waals surface area (Å²) in [6.45, 7) is 4.30. The molecular formula is C11H19NO3. The van der Waals surface area contributed by atoms with Crippen LogP contribution < -0.4 is 5.32 Å². The van der Waals surface area contributed by atoms with E-state index in [1.807, 2.05) is 6.92 Å². The molecule has 0 radical (unpaired) electrons. The number of ether oxygens (including phenoxy) is 2. The number of nitrogens with one attached hydrogen (secondary N) is 1. The van der Waals surface area contributed by atoms with Crippen molar-refractivity contribution in [1.82, 2.24) is 5.32 Å². The highest BCUT2D eigenvalue weighted by molar-refractivity contribution is 5.81. The number of carbonyl (C=O) groups is 1. The molecular weight excluding hydrogens is 194 g/mol. The molecule has 2 rings (SSSR count). The lowest BCUT2D eigenvalue weighted by atomic mass is 9.98. The fourth-order valence-electron chi connectivity index (χ4n) is 1.87. The summed E-state index contributed by atoms with van der Waals surface area (Å²) in [4.78, 5) is 11.8. The van der Waals surface area contributed by atoms with Crippen LogP contribution in [0.15, 0.2) is 0 Å². The van der Waals surface area contributed by atoms with E-state index in [1.54, 1.807) is 0 Å². The minimum Gasteiger partial charge on any atom is -0.465 e. The summed E-state index contributed by atoms with van der Waals surface area (Å²) in [5, 5.41) is 3.34. The lowest BCUT2D eigenvalue weighted by Gasteiger charge is -2.26. The van der Waals surface area contributed by atoms with E-state index in [2.05, 4.69) is 5.32 Å². The zero-order chi connectivity index (χ0) is 10.7. The first kappa shape index (κ1) is 10.9. The fraction of sp³-hybridized carbons (Fsp3) is 0.909. The van der Waals surface area contributed by atoms with E-state index in [0.717, 1.165) is 18.9 Å². The van der Waals surface area contributed by atoms with Crippen LogP contribution in [0.5, 0.6) is 0 Å². The van der Waals surface area contributed by atoms with E-state index >= 15 is 0 Å². The summed E-state index contributed by atoms with van der Waals surface area (Å²) < 4.78 is 10.4. The highest BCUT2D eigenvalue weighted by Crippen LogP contribution is 2.29. The van der Waals surface area contributed by atoms with Gasteiger partial charge in [0.1, 0.15) is 5.54 Å². The first-order valence-corrected chi connectivity index (χ1v) is 5.77. The maximum atomic E-state index is 11.8. The lowest BCUT2D eigenvalue weighted by molar-refractivity contribution is -0.151. The van der Waals surface area contributed by atoms with E-state index in [1.165, 1.54) is 12.8 Å². The van der Waals surface area contributed by atoms with E-state index < -0.39 is 5.54 Å². The van der Waals surface area contributed by atoms with Gasteiger partial charge in [-0.3, -0.25) is 5.32 Å². The third kappa shape index (κ3) is 2.49. The minimum absolute atomic E-state index is 0.150. The number of hydrogen-bond donors (Lipinski definition) is 1. The average Bonchev–Trinajstić information content (AvgIpc) is 2.94. The second-order valence-corrected chi connectivity index (χ2v) is 4.43. The Morgan fingerprint density at radius 3 is 2.93 bits per heavy atom. The summed E-state index contributed by atoms with van der Waals surface area (Å²) in [5.41, 5.74) is -0.557. The van der Waals surface area contributed by atoms with Gasteiger partial charge in [0.2, 0.25) is 0 Å². The van der Waals surface area contributed by atoms with Crippen LogP contribution in [0.4, 0.5) is 0 Å². The molecule has 1 heterocycles. The van der Waals surface area contributed by atoms with Gasteiger partial charge in [0.15, 0.2) is 0 Å². The van der Waals surface area contributed by atoms with Crippen LogP contribution in [0.25, 0.3) is 0 Å². The largest absolute Gasteiger partial charge is 0.465 e. The van der Waals surface area contributed by atoms with Gasteiger partial charge < -0.3 is 9.47 Å². The monoisotopic (exact) mass is 213 g/mol. The third-order valence-electron chi connectivity index (χ3n) is 3.11.